The average molecular weight is 782 g/mol. The van der Waals surface area contributed by atoms with Crippen molar-refractivity contribution in [2.24, 2.45) is 17.8 Å². The van der Waals surface area contributed by atoms with Crippen molar-refractivity contribution < 1.29 is 47.9 Å². The Kier molecular flexibility index (Phi) is 13.9. The number of ether oxygens (including phenoxy) is 6. The van der Waals surface area contributed by atoms with Crippen LogP contribution in [0.1, 0.15) is 81.1 Å². The molecule has 1 amide bonds. The van der Waals surface area contributed by atoms with Gasteiger partial charge in [-0.05, 0) is 79.6 Å². The summed E-state index contributed by atoms with van der Waals surface area (Å²) in [6.45, 7) is 15.3. The number of benzene rings is 1. The summed E-state index contributed by atoms with van der Waals surface area (Å²) in [5, 5.41) is 12.4. The predicted molar refractivity (Wildman–Crippen MR) is 211 cm³/mol. The minimum Gasteiger partial charge on any atom is -0.491 e. The van der Waals surface area contributed by atoms with Crippen molar-refractivity contribution in [1.29, 1.82) is 0 Å². The van der Waals surface area contributed by atoms with Crippen molar-refractivity contribution in [1.82, 2.24) is 14.8 Å². The molecule has 3 aliphatic rings. The molecule has 13 heteroatoms. The predicted octanol–water partition coefficient (Wildman–Crippen LogP) is 5.95. The summed E-state index contributed by atoms with van der Waals surface area (Å²) in [5.41, 5.74) is -1.33. The van der Waals surface area contributed by atoms with Crippen molar-refractivity contribution in [3.8, 4) is 5.75 Å². The second kappa shape index (κ2) is 17.9. The Morgan fingerprint density at radius 2 is 1.79 bits per heavy atom. The van der Waals surface area contributed by atoms with E-state index in [0.717, 1.165) is 10.9 Å². The Morgan fingerprint density at radius 3 is 2.46 bits per heavy atom. The number of methoxy groups -OCH3 is 1. The fraction of sp³-hybridized carbons (Fsp3) is 0.674. The number of aliphatic hydroxyl groups excluding tert-OH is 1. The molecule has 0 aliphatic carbocycles. The fourth-order valence-corrected chi connectivity index (χ4v) is 9.22. The van der Waals surface area contributed by atoms with Gasteiger partial charge in [-0.25, -0.2) is 9.59 Å². The number of aliphatic hydroxyl groups is 1. The number of Topliss-reactive ketones (excluding diaryl/α,β-unsaturated/α-hetero) is 1. The van der Waals surface area contributed by atoms with Crippen LogP contribution in [0.4, 0.5) is 4.79 Å². The van der Waals surface area contributed by atoms with Crippen LogP contribution in [-0.4, -0.2) is 126 Å². The summed E-state index contributed by atoms with van der Waals surface area (Å²) >= 11 is 0. The quantitative estimate of drug-likeness (QED) is 0.225. The number of para-hydroxylation sites is 1. The Morgan fingerprint density at radius 1 is 1.07 bits per heavy atom. The number of carbonyl (C=O) groups excluding carboxylic acids is 3. The molecular weight excluding hydrogens is 718 g/mol. The lowest BCUT2D eigenvalue weighted by atomic mass is 9.74. The lowest BCUT2D eigenvalue weighted by Gasteiger charge is -2.47. The van der Waals surface area contributed by atoms with E-state index in [2.05, 4.69) is 4.98 Å². The van der Waals surface area contributed by atoms with E-state index in [1.54, 1.807) is 38.1 Å². The number of carbonyl (C=O) groups is 3. The lowest BCUT2D eigenvalue weighted by molar-refractivity contribution is -0.294. The molecule has 1 aromatic heterocycles. The van der Waals surface area contributed by atoms with Gasteiger partial charge in [-0.1, -0.05) is 52.0 Å². The maximum Gasteiger partial charge on any atom is 0.410 e. The molecule has 1 aromatic carbocycles. The number of pyridine rings is 1. The summed E-state index contributed by atoms with van der Waals surface area (Å²) in [6, 6.07) is 8.62. The molecule has 2 fully saturated rings. The Labute approximate surface area is 332 Å². The van der Waals surface area contributed by atoms with Crippen LogP contribution in [0.3, 0.4) is 0 Å². The molecule has 310 valence electrons. The molecule has 0 bridgehead atoms. The first-order valence-corrected chi connectivity index (χ1v) is 20.1. The highest BCUT2D eigenvalue weighted by Gasteiger charge is 2.60. The molecule has 0 radical (unpaired) electrons. The van der Waals surface area contributed by atoms with E-state index >= 15 is 0 Å². The SMILES string of the molecule is CC[C@H]1OC(=O)/C(C)=C/[C@H](C)[C@@H](O[C@@H]2O[C@H](C)C[C@H](N(C)C)[C@H]2O)[C@](C)(OC)C[C@@H](C)C(=O)[C@H](C)[C@H]2N(CCCOc3cccc4cccnc34)C(=O)O[C@]12C. The van der Waals surface area contributed by atoms with Gasteiger partial charge in [0.1, 0.15) is 29.3 Å². The molecule has 2 saturated heterocycles. The first-order valence-electron chi connectivity index (χ1n) is 20.1. The molecule has 0 saturated carbocycles. The van der Waals surface area contributed by atoms with E-state index in [9.17, 15) is 19.5 Å². The third kappa shape index (κ3) is 8.92. The van der Waals surface area contributed by atoms with Crippen molar-refractivity contribution in [2.75, 3.05) is 34.4 Å². The number of likely N-dealkylation sites (N-methyl/N-ethyl adjacent to an activating group) is 1. The van der Waals surface area contributed by atoms with Gasteiger partial charge < -0.3 is 43.3 Å². The number of ketones is 1. The van der Waals surface area contributed by atoms with Gasteiger partial charge in [0.2, 0.25) is 0 Å². The van der Waals surface area contributed by atoms with Gasteiger partial charge in [0.15, 0.2) is 11.9 Å². The fourth-order valence-electron chi connectivity index (χ4n) is 9.22. The number of hydrogen-bond acceptors (Lipinski definition) is 12. The van der Waals surface area contributed by atoms with Crippen molar-refractivity contribution in [2.45, 2.75) is 135 Å². The van der Waals surface area contributed by atoms with Gasteiger partial charge in [-0.2, -0.15) is 0 Å². The van der Waals surface area contributed by atoms with Crippen molar-refractivity contribution >= 4 is 28.7 Å². The Bertz CT molecular complexity index is 1730. The highest BCUT2D eigenvalue weighted by molar-refractivity contribution is 5.88. The molecule has 56 heavy (non-hydrogen) atoms. The molecular formula is C43H63N3O10. The van der Waals surface area contributed by atoms with Crippen LogP contribution in [0.15, 0.2) is 48.2 Å². The highest BCUT2D eigenvalue weighted by atomic mass is 16.7. The zero-order valence-electron chi connectivity index (χ0n) is 35.0. The monoisotopic (exact) mass is 781 g/mol. The second-order valence-corrected chi connectivity index (χ2v) is 16.7. The molecule has 3 aliphatic heterocycles. The number of fused-ring (bicyclic) bond motifs is 2. The molecule has 5 rings (SSSR count). The van der Waals surface area contributed by atoms with Gasteiger partial charge in [0.05, 0.1) is 30.5 Å². The first kappa shape index (κ1) is 43.5. The normalized spacial score (nSPS) is 37.1. The minimum atomic E-state index is -1.34. The second-order valence-electron chi connectivity index (χ2n) is 16.7. The number of nitrogens with zero attached hydrogens (tertiary/aromatic N) is 3. The Balaban J connectivity index is 1.46. The average Bonchev–Trinajstić information content (AvgIpc) is 3.42. The molecule has 1 N–H and O–H groups in total. The molecule has 4 heterocycles. The van der Waals surface area contributed by atoms with Gasteiger partial charge in [0.25, 0.3) is 0 Å². The molecule has 13 nitrogen and oxygen atoms in total. The van der Waals surface area contributed by atoms with Gasteiger partial charge >= 0.3 is 12.1 Å². The topological polar surface area (TPSA) is 146 Å². The molecule has 0 spiro atoms. The van der Waals surface area contributed by atoms with Gasteiger partial charge in [-0.3, -0.25) is 9.78 Å². The van der Waals surface area contributed by atoms with Crippen molar-refractivity contribution in [3.63, 3.8) is 0 Å². The standard InChI is InChI=1S/C43H63N3O10/c1-12-33-43(8)37(46(41(50)56-43)20-15-21-52-32-18-13-16-30-17-14-19-44-34(30)32)29(6)35(47)27(4)24-42(7,51-11)38(25(2)22-26(3)39(49)54-33)55-40-36(48)31(45(9)10)23-28(5)53-40/h13-14,16-19,22,25,27-29,31,33,36-38,40,48H,12,15,20-21,23-24H2,1-11H3/b26-22+/t25-,27+,28+,29-,31-,33+,36+,37+,38+,40-,42+,43+/m0/s1. The van der Waals surface area contributed by atoms with E-state index < -0.39 is 71.7 Å². The van der Waals surface area contributed by atoms with E-state index in [1.165, 1.54) is 0 Å². The number of hydrogen-bond donors (Lipinski definition) is 1. The molecule has 0 unspecified atom stereocenters. The third-order valence-corrected chi connectivity index (χ3v) is 12.2. The lowest BCUT2D eigenvalue weighted by Crippen LogP contribution is -2.59. The van der Waals surface area contributed by atoms with Crippen LogP contribution in [-0.2, 0) is 33.3 Å². The number of cyclic esters (lactones) is 1. The molecule has 12 atom stereocenters. The van der Waals surface area contributed by atoms with Crippen molar-refractivity contribution in [3.05, 3.63) is 48.2 Å². The zero-order chi connectivity index (χ0) is 41.1. The number of esters is 1. The number of rotatable bonds is 10. The van der Waals surface area contributed by atoms with Crippen LogP contribution < -0.4 is 4.74 Å². The first-order chi connectivity index (χ1) is 26.4. The van der Waals surface area contributed by atoms with Gasteiger partial charge in [0, 0.05) is 54.6 Å². The van der Waals surface area contributed by atoms with Crippen LogP contribution in [0.25, 0.3) is 10.9 Å². The summed E-state index contributed by atoms with van der Waals surface area (Å²) in [5.74, 6) is -1.76. The van der Waals surface area contributed by atoms with Gasteiger partial charge in [-0.15, -0.1) is 0 Å². The Hall–Kier alpha value is -3.62. The van der Waals surface area contributed by atoms with Crippen LogP contribution in [0.5, 0.6) is 5.75 Å². The summed E-state index contributed by atoms with van der Waals surface area (Å²) in [4.78, 5) is 50.4. The van der Waals surface area contributed by atoms with Crippen LogP contribution >= 0.6 is 0 Å². The highest BCUT2D eigenvalue weighted by Crippen LogP contribution is 2.43. The van der Waals surface area contributed by atoms with E-state index in [-0.39, 0.29) is 37.5 Å². The van der Waals surface area contributed by atoms with E-state index in [1.807, 2.05) is 90.9 Å². The maximum atomic E-state index is 14.7. The number of aromatic nitrogens is 1. The molecule has 2 aromatic rings. The summed E-state index contributed by atoms with van der Waals surface area (Å²) in [7, 11) is 5.40. The summed E-state index contributed by atoms with van der Waals surface area (Å²) in [6.07, 6.45) is 0.827. The zero-order valence-corrected chi connectivity index (χ0v) is 35.0. The van der Waals surface area contributed by atoms with Crippen LogP contribution in [0, 0.1) is 17.8 Å². The minimum absolute atomic E-state index is 0.0995. The van der Waals surface area contributed by atoms with Crippen LogP contribution in [0.2, 0.25) is 0 Å². The summed E-state index contributed by atoms with van der Waals surface area (Å²) < 4.78 is 37.7. The largest absolute Gasteiger partial charge is 0.491 e. The third-order valence-electron chi connectivity index (χ3n) is 12.2. The smallest absolute Gasteiger partial charge is 0.410 e. The van der Waals surface area contributed by atoms with E-state index in [0.29, 0.717) is 30.6 Å². The number of amides is 1. The maximum absolute atomic E-state index is 14.7. The van der Waals surface area contributed by atoms with E-state index in [4.69, 9.17) is 28.4 Å².